The molecule has 12 heavy (non-hydrogen) atoms. The zero-order chi connectivity index (χ0) is 8.72. The summed E-state index contributed by atoms with van der Waals surface area (Å²) in [5.41, 5.74) is 7.71. The minimum absolute atomic E-state index is 0.838. The summed E-state index contributed by atoms with van der Waals surface area (Å²) in [4.78, 5) is 1.22. The van der Waals surface area contributed by atoms with Crippen molar-refractivity contribution in [1.82, 2.24) is 4.68 Å². The number of hydrogen-bond acceptors (Lipinski definition) is 3. The molecule has 4 N–H and O–H groups in total. The van der Waals surface area contributed by atoms with Gasteiger partial charge in [0.25, 0.3) is 0 Å². The second-order valence-electron chi connectivity index (χ2n) is 2.73. The van der Waals surface area contributed by atoms with E-state index >= 15 is 0 Å². The number of anilines is 1. The molecule has 64 valence electrons. The van der Waals surface area contributed by atoms with Crippen LogP contribution in [0.15, 0.2) is 12.3 Å². The van der Waals surface area contributed by atoms with Crippen LogP contribution in [0.2, 0.25) is 0 Å². The number of nitrogen functional groups attached to an aromatic ring is 2. The van der Waals surface area contributed by atoms with Crippen molar-refractivity contribution in [2.24, 2.45) is 0 Å². The Hall–Kier alpha value is -1.16. The van der Waals surface area contributed by atoms with Gasteiger partial charge >= 0.3 is 0 Å². The molecule has 4 heteroatoms. The van der Waals surface area contributed by atoms with Crippen molar-refractivity contribution in [3.8, 4) is 0 Å². The van der Waals surface area contributed by atoms with Gasteiger partial charge in [-0.1, -0.05) is 6.92 Å². The molecule has 2 aromatic heterocycles. The average Bonchev–Trinajstić information content (AvgIpc) is 2.55. The molecule has 0 aliphatic carbocycles. The maximum Gasteiger partial charge on any atom is 0.103 e. The maximum atomic E-state index is 5.90. The number of aromatic nitrogens is 1. The minimum Gasteiger partial charge on any atom is -0.396 e. The zero-order valence-corrected chi connectivity index (χ0v) is 7.69. The number of fused-ring (bicyclic) bond motifs is 1. The fraction of sp³-hybridized carbons (Fsp3) is 0.250. The van der Waals surface area contributed by atoms with Crippen LogP contribution in [-0.4, -0.2) is 4.68 Å². The predicted octanol–water partition coefficient (Wildman–Crippen LogP) is 1.56. The first kappa shape index (κ1) is 7.49. The first-order valence-corrected chi connectivity index (χ1v) is 4.69. The van der Waals surface area contributed by atoms with Gasteiger partial charge < -0.3 is 11.6 Å². The zero-order valence-electron chi connectivity index (χ0n) is 6.87. The third kappa shape index (κ3) is 0.814. The number of rotatable bonds is 1. The van der Waals surface area contributed by atoms with E-state index in [1.165, 1.54) is 9.58 Å². The SMILES string of the molecule is CCc1sc2ccn(N)c2c1N. The Morgan fingerprint density at radius 3 is 2.92 bits per heavy atom. The Kier molecular flexibility index (Phi) is 1.51. The fourth-order valence-electron chi connectivity index (χ4n) is 1.37. The molecule has 0 radical (unpaired) electrons. The lowest BCUT2D eigenvalue weighted by molar-refractivity contribution is 1.07. The Balaban J connectivity index is 2.80. The number of nitrogens with zero attached hydrogens (tertiary/aromatic N) is 1. The number of nitrogens with two attached hydrogens (primary N) is 2. The van der Waals surface area contributed by atoms with Gasteiger partial charge in [0.1, 0.15) is 5.52 Å². The molecule has 2 heterocycles. The van der Waals surface area contributed by atoms with E-state index in [0.29, 0.717) is 0 Å². The normalized spacial score (nSPS) is 11.1. The summed E-state index contributed by atoms with van der Waals surface area (Å²) in [7, 11) is 0. The molecule has 0 spiro atoms. The summed E-state index contributed by atoms with van der Waals surface area (Å²) in [5.74, 6) is 5.69. The van der Waals surface area contributed by atoms with Crippen molar-refractivity contribution >= 4 is 27.2 Å². The summed E-state index contributed by atoms with van der Waals surface area (Å²) in [6.45, 7) is 2.10. The first-order valence-electron chi connectivity index (χ1n) is 3.87. The molecule has 0 aliphatic heterocycles. The Morgan fingerprint density at radius 2 is 2.33 bits per heavy atom. The molecule has 0 atom stereocenters. The van der Waals surface area contributed by atoms with Crippen LogP contribution in [0.25, 0.3) is 10.2 Å². The minimum atomic E-state index is 0.838. The van der Waals surface area contributed by atoms with Gasteiger partial charge in [-0.05, 0) is 12.5 Å². The Bertz CT molecular complexity index is 413. The summed E-state index contributed by atoms with van der Waals surface area (Å²) in [5, 5.41) is 0. The smallest absolute Gasteiger partial charge is 0.103 e. The van der Waals surface area contributed by atoms with Crippen LogP contribution >= 0.6 is 11.3 Å². The van der Waals surface area contributed by atoms with Crippen molar-refractivity contribution in [3.05, 3.63) is 17.1 Å². The second-order valence-corrected chi connectivity index (χ2v) is 3.87. The van der Waals surface area contributed by atoms with Gasteiger partial charge in [0.2, 0.25) is 0 Å². The highest BCUT2D eigenvalue weighted by atomic mass is 32.1. The van der Waals surface area contributed by atoms with Crippen LogP contribution in [0, 0.1) is 0 Å². The predicted molar refractivity (Wildman–Crippen MR) is 53.8 cm³/mol. The molecular formula is C8H11N3S. The molecule has 2 rings (SSSR count). The molecule has 0 fully saturated rings. The van der Waals surface area contributed by atoms with Crippen LogP contribution in [0.3, 0.4) is 0 Å². The lowest BCUT2D eigenvalue weighted by atomic mass is 10.3. The summed E-state index contributed by atoms with van der Waals surface area (Å²) >= 11 is 1.72. The van der Waals surface area contributed by atoms with Crippen LogP contribution in [-0.2, 0) is 6.42 Å². The van der Waals surface area contributed by atoms with E-state index in [1.807, 2.05) is 12.3 Å². The second kappa shape index (κ2) is 2.42. The molecule has 0 amide bonds. The molecule has 0 aliphatic rings. The van der Waals surface area contributed by atoms with Gasteiger partial charge in [0.15, 0.2) is 0 Å². The van der Waals surface area contributed by atoms with Crippen LogP contribution in [0.4, 0.5) is 5.69 Å². The maximum absolute atomic E-state index is 5.90. The van der Waals surface area contributed by atoms with E-state index < -0.39 is 0 Å². The molecule has 0 saturated carbocycles. The largest absolute Gasteiger partial charge is 0.396 e. The topological polar surface area (TPSA) is 57.0 Å². The number of aryl methyl sites for hydroxylation is 1. The van der Waals surface area contributed by atoms with Crippen LogP contribution in [0.5, 0.6) is 0 Å². The Morgan fingerprint density at radius 1 is 1.58 bits per heavy atom. The summed E-state index contributed by atoms with van der Waals surface area (Å²) < 4.78 is 2.76. The van der Waals surface area contributed by atoms with Gasteiger partial charge in [-0.15, -0.1) is 11.3 Å². The van der Waals surface area contributed by atoms with E-state index in [1.54, 1.807) is 16.0 Å². The van der Waals surface area contributed by atoms with Crippen molar-refractivity contribution in [2.75, 3.05) is 11.6 Å². The van der Waals surface area contributed by atoms with Crippen molar-refractivity contribution in [3.63, 3.8) is 0 Å². The molecule has 0 saturated heterocycles. The van der Waals surface area contributed by atoms with Gasteiger partial charge in [-0.3, -0.25) is 4.68 Å². The van der Waals surface area contributed by atoms with Gasteiger partial charge in [-0.2, -0.15) is 0 Å². The van der Waals surface area contributed by atoms with Crippen molar-refractivity contribution in [1.29, 1.82) is 0 Å². The highest BCUT2D eigenvalue weighted by Gasteiger charge is 2.10. The van der Waals surface area contributed by atoms with E-state index in [9.17, 15) is 0 Å². The standard InChI is InChI=1S/C8H11N3S/c1-2-5-7(9)8-6(12-5)3-4-11(8)10/h3-4H,2,9-10H2,1H3. The highest BCUT2D eigenvalue weighted by molar-refractivity contribution is 7.19. The summed E-state index contributed by atoms with van der Waals surface area (Å²) in [6.07, 6.45) is 2.81. The van der Waals surface area contributed by atoms with E-state index in [4.69, 9.17) is 11.6 Å². The molecule has 3 nitrogen and oxygen atoms in total. The molecule has 2 aromatic rings. The molecule has 0 aromatic carbocycles. The summed E-state index contributed by atoms with van der Waals surface area (Å²) in [6, 6.07) is 2.00. The monoisotopic (exact) mass is 181 g/mol. The third-order valence-corrected chi connectivity index (χ3v) is 3.29. The van der Waals surface area contributed by atoms with Crippen molar-refractivity contribution < 1.29 is 0 Å². The van der Waals surface area contributed by atoms with E-state index in [0.717, 1.165) is 17.6 Å². The van der Waals surface area contributed by atoms with Crippen LogP contribution in [0.1, 0.15) is 11.8 Å². The molecule has 0 unspecified atom stereocenters. The third-order valence-electron chi connectivity index (χ3n) is 1.99. The number of thiophene rings is 1. The first-order chi connectivity index (χ1) is 5.74. The van der Waals surface area contributed by atoms with Gasteiger partial charge in [0, 0.05) is 11.1 Å². The van der Waals surface area contributed by atoms with E-state index in [2.05, 4.69) is 6.92 Å². The van der Waals surface area contributed by atoms with Crippen LogP contribution < -0.4 is 11.6 Å². The quantitative estimate of drug-likeness (QED) is 0.656. The van der Waals surface area contributed by atoms with Crippen molar-refractivity contribution in [2.45, 2.75) is 13.3 Å². The van der Waals surface area contributed by atoms with E-state index in [-0.39, 0.29) is 0 Å². The molecule has 0 bridgehead atoms. The van der Waals surface area contributed by atoms with Gasteiger partial charge in [-0.25, -0.2) is 0 Å². The Labute approximate surface area is 74.6 Å². The van der Waals surface area contributed by atoms with Gasteiger partial charge in [0.05, 0.1) is 10.4 Å². The fourth-order valence-corrected chi connectivity index (χ4v) is 2.42. The highest BCUT2D eigenvalue weighted by Crippen LogP contribution is 2.33. The lowest BCUT2D eigenvalue weighted by Crippen LogP contribution is -2.06. The lowest BCUT2D eigenvalue weighted by Gasteiger charge is -1.96. The molecular weight excluding hydrogens is 170 g/mol. The number of hydrogen-bond donors (Lipinski definition) is 2. The average molecular weight is 181 g/mol.